The number of amides is 1. The maximum absolute atomic E-state index is 12.9. The number of likely N-dealkylation sites (tertiary alicyclic amines) is 1. The number of nitrogens with one attached hydrogen (secondary N) is 2. The van der Waals surface area contributed by atoms with Gasteiger partial charge in [0.15, 0.2) is 0 Å². The molecule has 0 aliphatic carbocycles. The second kappa shape index (κ2) is 13.0. The first-order valence-electron chi connectivity index (χ1n) is 12.2. The van der Waals surface area contributed by atoms with Crippen molar-refractivity contribution in [2.24, 2.45) is 0 Å². The predicted molar refractivity (Wildman–Crippen MR) is 138 cm³/mol. The molecule has 35 heavy (non-hydrogen) atoms. The highest BCUT2D eigenvalue weighted by atomic mass is 16.5. The third-order valence-electron chi connectivity index (χ3n) is 6.28. The Morgan fingerprint density at radius 3 is 2.40 bits per heavy atom. The molecule has 6 nitrogen and oxygen atoms in total. The van der Waals surface area contributed by atoms with Gasteiger partial charge in [-0.3, -0.25) is 9.69 Å². The van der Waals surface area contributed by atoms with Crippen LogP contribution in [0.1, 0.15) is 23.1 Å². The van der Waals surface area contributed by atoms with E-state index in [0.29, 0.717) is 19.8 Å². The van der Waals surface area contributed by atoms with Gasteiger partial charge in [-0.2, -0.15) is 0 Å². The number of rotatable bonds is 12. The summed E-state index contributed by atoms with van der Waals surface area (Å²) in [6.45, 7) is 3.89. The number of hydrogen-bond donors (Lipinski definition) is 2. The van der Waals surface area contributed by atoms with Crippen molar-refractivity contribution in [2.75, 3.05) is 26.8 Å². The molecule has 0 radical (unpaired) electrons. The highest BCUT2D eigenvalue weighted by Crippen LogP contribution is 2.22. The summed E-state index contributed by atoms with van der Waals surface area (Å²) in [4.78, 5) is 15.2. The molecule has 3 aromatic rings. The minimum absolute atomic E-state index is 0.0681. The summed E-state index contributed by atoms with van der Waals surface area (Å²) < 4.78 is 11.1. The van der Waals surface area contributed by atoms with Crippen LogP contribution in [-0.2, 0) is 29.2 Å². The third-order valence-corrected chi connectivity index (χ3v) is 6.28. The van der Waals surface area contributed by atoms with Crippen molar-refractivity contribution in [1.82, 2.24) is 15.5 Å². The van der Waals surface area contributed by atoms with Gasteiger partial charge in [-0.1, -0.05) is 72.8 Å². The molecule has 0 spiro atoms. The quantitative estimate of drug-likeness (QED) is 0.392. The molecule has 4 rings (SSSR count). The highest BCUT2D eigenvalue weighted by molar-refractivity contribution is 5.82. The van der Waals surface area contributed by atoms with Crippen molar-refractivity contribution in [1.29, 1.82) is 0 Å². The van der Waals surface area contributed by atoms with Gasteiger partial charge >= 0.3 is 0 Å². The molecule has 184 valence electrons. The maximum Gasteiger partial charge on any atom is 0.237 e. The first kappa shape index (κ1) is 24.9. The van der Waals surface area contributed by atoms with Gasteiger partial charge in [0, 0.05) is 39.3 Å². The van der Waals surface area contributed by atoms with Crippen LogP contribution in [0.4, 0.5) is 0 Å². The molecular weight excluding hydrogens is 438 g/mol. The zero-order chi connectivity index (χ0) is 24.3. The molecule has 2 atom stereocenters. The molecule has 3 aromatic carbocycles. The van der Waals surface area contributed by atoms with Crippen molar-refractivity contribution in [3.05, 3.63) is 102 Å². The number of ether oxygens (including phenoxy) is 2. The monoisotopic (exact) mass is 473 g/mol. The standard InChI is InChI=1S/C29H35N3O3/c1-34-16-15-30-29(33)28-18-26(21-32(28)20-23-9-4-2-5-10-23)31-19-25-13-8-14-27(17-25)35-22-24-11-6-3-7-12-24/h2-14,17,26,28,31H,15-16,18-22H2,1H3,(H,30,33)/t26-,28+/m1/s1. The smallest absolute Gasteiger partial charge is 0.237 e. The number of carbonyl (C=O) groups excluding carboxylic acids is 1. The van der Waals surface area contributed by atoms with E-state index < -0.39 is 0 Å². The summed E-state index contributed by atoms with van der Waals surface area (Å²) in [5, 5.41) is 6.69. The van der Waals surface area contributed by atoms with Gasteiger partial charge in [0.1, 0.15) is 12.4 Å². The Bertz CT molecular complexity index is 1050. The molecule has 1 fully saturated rings. The molecule has 1 saturated heterocycles. The Kier molecular flexibility index (Phi) is 9.29. The van der Waals surface area contributed by atoms with Crippen molar-refractivity contribution in [2.45, 2.75) is 38.2 Å². The van der Waals surface area contributed by atoms with Crippen LogP contribution in [0.15, 0.2) is 84.9 Å². The van der Waals surface area contributed by atoms with E-state index in [9.17, 15) is 4.79 Å². The van der Waals surface area contributed by atoms with E-state index in [1.807, 2.05) is 48.5 Å². The molecule has 0 aromatic heterocycles. The average molecular weight is 474 g/mol. The zero-order valence-corrected chi connectivity index (χ0v) is 20.4. The lowest BCUT2D eigenvalue weighted by Gasteiger charge is -2.23. The first-order valence-corrected chi connectivity index (χ1v) is 12.2. The molecule has 0 saturated carbocycles. The SMILES string of the molecule is COCCNC(=O)[C@@H]1C[C@@H](NCc2cccc(OCc3ccccc3)c2)CN1Cc1ccccc1. The van der Waals surface area contributed by atoms with Gasteiger partial charge in [0.2, 0.25) is 5.91 Å². The van der Waals surface area contributed by atoms with Crippen LogP contribution in [0.5, 0.6) is 5.75 Å². The summed E-state index contributed by atoms with van der Waals surface area (Å²) >= 11 is 0. The lowest BCUT2D eigenvalue weighted by molar-refractivity contribution is -0.125. The Balaban J connectivity index is 1.33. The lowest BCUT2D eigenvalue weighted by Crippen LogP contribution is -2.43. The van der Waals surface area contributed by atoms with Crippen LogP contribution in [0.25, 0.3) is 0 Å². The molecule has 2 N–H and O–H groups in total. The van der Waals surface area contributed by atoms with Crippen LogP contribution in [0.2, 0.25) is 0 Å². The summed E-state index contributed by atoms with van der Waals surface area (Å²) in [6.07, 6.45) is 0.774. The van der Waals surface area contributed by atoms with E-state index in [4.69, 9.17) is 9.47 Å². The fourth-order valence-corrected chi connectivity index (χ4v) is 4.46. The predicted octanol–water partition coefficient (Wildman–Crippen LogP) is 3.76. The van der Waals surface area contributed by atoms with Gasteiger partial charge in [0.25, 0.3) is 0 Å². The number of benzene rings is 3. The molecular formula is C29H35N3O3. The van der Waals surface area contributed by atoms with Crippen LogP contribution >= 0.6 is 0 Å². The molecule has 1 heterocycles. The maximum atomic E-state index is 12.9. The van der Waals surface area contributed by atoms with Gasteiger partial charge in [-0.05, 0) is 35.2 Å². The molecule has 1 aliphatic heterocycles. The van der Waals surface area contributed by atoms with Crippen LogP contribution in [0.3, 0.4) is 0 Å². The second-order valence-corrected chi connectivity index (χ2v) is 8.95. The summed E-state index contributed by atoms with van der Waals surface area (Å²) in [5.41, 5.74) is 3.53. The van der Waals surface area contributed by atoms with Gasteiger partial charge < -0.3 is 20.1 Å². The third kappa shape index (κ3) is 7.65. The summed E-state index contributed by atoms with van der Waals surface area (Å²) in [6, 6.07) is 28.8. The molecule has 1 amide bonds. The lowest BCUT2D eigenvalue weighted by atomic mass is 10.1. The Labute approximate surface area is 208 Å². The summed E-state index contributed by atoms with van der Waals surface area (Å²) in [5.74, 6) is 0.930. The summed E-state index contributed by atoms with van der Waals surface area (Å²) in [7, 11) is 1.64. The van der Waals surface area contributed by atoms with Gasteiger partial charge in [-0.25, -0.2) is 0 Å². The van der Waals surface area contributed by atoms with E-state index >= 15 is 0 Å². The molecule has 0 unspecified atom stereocenters. The number of carbonyl (C=O) groups is 1. The fourth-order valence-electron chi connectivity index (χ4n) is 4.46. The molecule has 0 bridgehead atoms. The van der Waals surface area contributed by atoms with Gasteiger partial charge in [0.05, 0.1) is 12.6 Å². The minimum Gasteiger partial charge on any atom is -0.489 e. The number of methoxy groups -OCH3 is 1. The first-order chi connectivity index (χ1) is 17.2. The Morgan fingerprint density at radius 1 is 0.943 bits per heavy atom. The van der Waals surface area contributed by atoms with E-state index in [0.717, 1.165) is 42.9 Å². The largest absolute Gasteiger partial charge is 0.489 e. The second-order valence-electron chi connectivity index (χ2n) is 8.95. The van der Waals surface area contributed by atoms with Crippen LogP contribution < -0.4 is 15.4 Å². The average Bonchev–Trinajstić information content (AvgIpc) is 3.30. The van der Waals surface area contributed by atoms with Crippen molar-refractivity contribution >= 4 is 5.91 Å². The van der Waals surface area contributed by atoms with Gasteiger partial charge in [-0.15, -0.1) is 0 Å². The van der Waals surface area contributed by atoms with Crippen LogP contribution in [-0.4, -0.2) is 49.7 Å². The topological polar surface area (TPSA) is 62.8 Å². The molecule has 6 heteroatoms. The normalized spacial score (nSPS) is 17.9. The Hall–Kier alpha value is -3.19. The van der Waals surface area contributed by atoms with Crippen molar-refractivity contribution in [3.8, 4) is 5.75 Å². The van der Waals surface area contributed by atoms with E-state index in [1.165, 1.54) is 5.56 Å². The van der Waals surface area contributed by atoms with Crippen molar-refractivity contribution in [3.63, 3.8) is 0 Å². The minimum atomic E-state index is -0.162. The zero-order valence-electron chi connectivity index (χ0n) is 20.4. The number of hydrogen-bond acceptors (Lipinski definition) is 5. The molecule has 1 aliphatic rings. The van der Waals surface area contributed by atoms with E-state index in [2.05, 4.69) is 51.9 Å². The van der Waals surface area contributed by atoms with E-state index in [1.54, 1.807) is 7.11 Å². The fraction of sp³-hybridized carbons (Fsp3) is 0.345. The van der Waals surface area contributed by atoms with Crippen molar-refractivity contribution < 1.29 is 14.3 Å². The van der Waals surface area contributed by atoms with E-state index in [-0.39, 0.29) is 18.0 Å². The van der Waals surface area contributed by atoms with Crippen LogP contribution in [0, 0.1) is 0 Å². The highest BCUT2D eigenvalue weighted by Gasteiger charge is 2.36. The Morgan fingerprint density at radius 2 is 1.66 bits per heavy atom. The number of nitrogens with zero attached hydrogens (tertiary/aromatic N) is 1.